The van der Waals surface area contributed by atoms with Gasteiger partial charge < -0.3 is 20.5 Å². The average Bonchev–Trinajstić information content (AvgIpc) is 3.38. The van der Waals surface area contributed by atoms with Gasteiger partial charge in [0.05, 0.1) is 17.6 Å². The van der Waals surface area contributed by atoms with Crippen LogP contribution in [-0.4, -0.2) is 64.4 Å². The van der Waals surface area contributed by atoms with Gasteiger partial charge in [-0.2, -0.15) is 0 Å². The van der Waals surface area contributed by atoms with E-state index in [9.17, 15) is 9.59 Å². The number of imidazole rings is 1. The molecule has 6 rings (SSSR count). The maximum atomic E-state index is 13.6. The van der Waals surface area contributed by atoms with Gasteiger partial charge in [-0.15, -0.1) is 0 Å². The summed E-state index contributed by atoms with van der Waals surface area (Å²) in [5.74, 6) is 0.364. The molecule has 0 spiro atoms. The predicted octanol–water partition coefficient (Wildman–Crippen LogP) is 4.45. The van der Waals surface area contributed by atoms with Crippen LogP contribution in [0.25, 0.3) is 11.0 Å². The Morgan fingerprint density at radius 1 is 0.884 bits per heavy atom. The number of hydrogen-bond donors (Lipinski definition) is 2. The molecule has 3 N–H and O–H groups in total. The zero-order chi connectivity index (χ0) is 29.8. The minimum atomic E-state index is -0.830. The Hall–Kier alpha value is -4.01. The molecule has 3 atom stereocenters. The van der Waals surface area contributed by atoms with Gasteiger partial charge in [-0.1, -0.05) is 79.6 Å². The summed E-state index contributed by atoms with van der Waals surface area (Å²) >= 11 is 0. The van der Waals surface area contributed by atoms with Crippen LogP contribution >= 0.6 is 0 Å². The number of benzene rings is 3. The van der Waals surface area contributed by atoms with Gasteiger partial charge in [0.1, 0.15) is 11.9 Å². The number of piperazine rings is 1. The number of likely N-dealkylation sites (N-methyl/N-ethyl adjacent to an activating group) is 1. The molecule has 2 amide bonds. The lowest BCUT2D eigenvalue weighted by molar-refractivity contribution is -0.131. The summed E-state index contributed by atoms with van der Waals surface area (Å²) in [7, 11) is 2.18. The van der Waals surface area contributed by atoms with Crippen LogP contribution in [0.4, 0.5) is 0 Å². The number of nitrogens with zero attached hydrogens (tertiary/aromatic N) is 4. The highest BCUT2D eigenvalue weighted by Gasteiger charge is 2.34. The van der Waals surface area contributed by atoms with Crippen molar-refractivity contribution in [3.8, 4) is 0 Å². The van der Waals surface area contributed by atoms with Gasteiger partial charge in [0.15, 0.2) is 0 Å². The van der Waals surface area contributed by atoms with Crippen LogP contribution in [0, 0.1) is 5.92 Å². The zero-order valence-electron chi connectivity index (χ0n) is 25.0. The number of nitrogens with one attached hydrogen (secondary N) is 1. The summed E-state index contributed by atoms with van der Waals surface area (Å²) in [6.45, 7) is 5.85. The van der Waals surface area contributed by atoms with Crippen molar-refractivity contribution in [3.05, 3.63) is 101 Å². The van der Waals surface area contributed by atoms with Crippen molar-refractivity contribution in [1.29, 1.82) is 0 Å². The lowest BCUT2D eigenvalue weighted by Gasteiger charge is -2.32. The standard InChI is InChI=1S/C35H42N6O2/c1-39-19-21-40(22-20-39)24-32-37-30-13-7-8-14-31(30)41(32)23-25-15-17-26(18-16-25)28-11-5-6-12-29(28)35(43)38-33(34(36)42)27-9-3-2-4-10-27/h2-4,7-10,13-18,28-29,33H,5-6,11-12,19-24H2,1H3,(H2,36,42)(H,38,43)/t28-,29+,33-/m0/s1. The number of carbonyl (C=O) groups is 2. The van der Waals surface area contributed by atoms with Crippen LogP contribution in [0.1, 0.15) is 60.2 Å². The summed E-state index contributed by atoms with van der Waals surface area (Å²) in [4.78, 5) is 35.7. The molecule has 224 valence electrons. The second kappa shape index (κ2) is 13.1. The van der Waals surface area contributed by atoms with Gasteiger partial charge >= 0.3 is 0 Å². The number of amides is 2. The Balaban J connectivity index is 1.19. The van der Waals surface area contributed by atoms with E-state index < -0.39 is 11.9 Å². The van der Waals surface area contributed by atoms with Crippen molar-refractivity contribution in [1.82, 2.24) is 24.7 Å². The van der Waals surface area contributed by atoms with E-state index in [0.29, 0.717) is 5.56 Å². The van der Waals surface area contributed by atoms with Gasteiger partial charge in [0, 0.05) is 38.6 Å². The molecule has 0 radical (unpaired) electrons. The molecule has 2 heterocycles. The number of fused-ring (bicyclic) bond motifs is 1. The first kappa shape index (κ1) is 29.1. The molecule has 0 unspecified atom stereocenters. The number of para-hydroxylation sites is 2. The van der Waals surface area contributed by atoms with Gasteiger partial charge in [-0.05, 0) is 54.6 Å². The smallest absolute Gasteiger partial charge is 0.244 e. The SMILES string of the molecule is CN1CCN(Cc2nc3ccccc3n2Cc2ccc([C@@H]3CCCC[C@H]3C(=O)N[C@H](C(N)=O)c3ccccc3)cc2)CC1. The number of hydrogen-bond acceptors (Lipinski definition) is 5. The van der Waals surface area contributed by atoms with Crippen molar-refractivity contribution >= 4 is 22.8 Å². The van der Waals surface area contributed by atoms with E-state index in [1.807, 2.05) is 30.3 Å². The van der Waals surface area contributed by atoms with E-state index >= 15 is 0 Å². The summed E-state index contributed by atoms with van der Waals surface area (Å²) in [5, 5.41) is 2.97. The van der Waals surface area contributed by atoms with Crippen molar-refractivity contribution in [2.75, 3.05) is 33.2 Å². The number of carbonyl (C=O) groups excluding carboxylic acids is 2. The van der Waals surface area contributed by atoms with E-state index in [0.717, 1.165) is 81.8 Å². The molecule has 0 bridgehead atoms. The lowest BCUT2D eigenvalue weighted by atomic mass is 9.74. The molecular formula is C35H42N6O2. The fourth-order valence-corrected chi connectivity index (χ4v) is 6.74. The molecule has 1 saturated heterocycles. The molecule has 1 aliphatic carbocycles. The Morgan fingerprint density at radius 2 is 1.58 bits per heavy atom. The molecule has 2 aliphatic rings. The van der Waals surface area contributed by atoms with E-state index in [2.05, 4.69) is 75.3 Å². The Bertz CT molecular complexity index is 1540. The third kappa shape index (κ3) is 6.65. The van der Waals surface area contributed by atoms with Crippen LogP contribution in [0.2, 0.25) is 0 Å². The Kier molecular flexibility index (Phi) is 8.86. The second-order valence-electron chi connectivity index (χ2n) is 12.2. The van der Waals surface area contributed by atoms with E-state index in [4.69, 9.17) is 10.7 Å². The summed E-state index contributed by atoms with van der Waals surface area (Å²) in [5.41, 5.74) is 11.0. The third-order valence-corrected chi connectivity index (χ3v) is 9.25. The summed E-state index contributed by atoms with van der Waals surface area (Å²) in [6.07, 6.45) is 3.84. The predicted molar refractivity (Wildman–Crippen MR) is 169 cm³/mol. The van der Waals surface area contributed by atoms with Crippen molar-refractivity contribution in [2.24, 2.45) is 11.7 Å². The highest BCUT2D eigenvalue weighted by atomic mass is 16.2. The minimum Gasteiger partial charge on any atom is -0.368 e. The molecular weight excluding hydrogens is 536 g/mol. The normalized spacial score (nSPS) is 20.6. The Labute approximate surface area is 253 Å². The molecule has 1 aromatic heterocycles. The van der Waals surface area contributed by atoms with Crippen molar-refractivity contribution < 1.29 is 9.59 Å². The van der Waals surface area contributed by atoms with Gasteiger partial charge in [0.2, 0.25) is 11.8 Å². The largest absolute Gasteiger partial charge is 0.368 e. The first-order valence-electron chi connectivity index (χ1n) is 15.5. The molecule has 2 fully saturated rings. The fourth-order valence-electron chi connectivity index (χ4n) is 6.74. The van der Waals surface area contributed by atoms with Crippen LogP contribution in [0.3, 0.4) is 0 Å². The Morgan fingerprint density at radius 3 is 2.33 bits per heavy atom. The molecule has 43 heavy (non-hydrogen) atoms. The maximum Gasteiger partial charge on any atom is 0.244 e. The molecule has 1 saturated carbocycles. The van der Waals surface area contributed by atoms with E-state index in [-0.39, 0.29) is 17.7 Å². The lowest BCUT2D eigenvalue weighted by Crippen LogP contribution is -2.44. The molecule has 8 heteroatoms. The second-order valence-corrected chi connectivity index (χ2v) is 12.2. The first-order valence-corrected chi connectivity index (χ1v) is 15.5. The van der Waals surface area contributed by atoms with Gasteiger partial charge in [0.25, 0.3) is 0 Å². The van der Waals surface area contributed by atoms with Crippen LogP contribution < -0.4 is 11.1 Å². The quantitative estimate of drug-likeness (QED) is 0.306. The number of aromatic nitrogens is 2. The van der Waals surface area contributed by atoms with Crippen molar-refractivity contribution in [3.63, 3.8) is 0 Å². The topological polar surface area (TPSA) is 96.5 Å². The van der Waals surface area contributed by atoms with Crippen LogP contribution in [-0.2, 0) is 22.7 Å². The molecule has 8 nitrogen and oxygen atoms in total. The monoisotopic (exact) mass is 578 g/mol. The zero-order valence-corrected chi connectivity index (χ0v) is 25.0. The summed E-state index contributed by atoms with van der Waals surface area (Å²) < 4.78 is 2.35. The van der Waals surface area contributed by atoms with Crippen molar-refractivity contribution in [2.45, 2.75) is 50.7 Å². The third-order valence-electron chi connectivity index (χ3n) is 9.25. The summed E-state index contributed by atoms with van der Waals surface area (Å²) in [6, 6.07) is 25.6. The van der Waals surface area contributed by atoms with Crippen LogP contribution in [0.15, 0.2) is 78.9 Å². The van der Waals surface area contributed by atoms with Gasteiger partial charge in [-0.3, -0.25) is 14.5 Å². The highest BCUT2D eigenvalue weighted by Crippen LogP contribution is 2.38. The number of nitrogens with two attached hydrogens (primary N) is 1. The molecule has 4 aromatic rings. The van der Waals surface area contributed by atoms with E-state index in [1.54, 1.807) is 0 Å². The average molecular weight is 579 g/mol. The molecule has 3 aromatic carbocycles. The maximum absolute atomic E-state index is 13.6. The number of primary amides is 1. The fraction of sp³-hybridized carbons (Fsp3) is 0.400. The van der Waals surface area contributed by atoms with E-state index in [1.165, 1.54) is 11.1 Å². The highest BCUT2D eigenvalue weighted by molar-refractivity contribution is 5.89. The minimum absolute atomic E-state index is 0.0973. The van der Waals surface area contributed by atoms with Crippen LogP contribution in [0.5, 0.6) is 0 Å². The molecule has 1 aliphatic heterocycles. The van der Waals surface area contributed by atoms with Gasteiger partial charge in [-0.25, -0.2) is 4.98 Å². The first-order chi connectivity index (χ1) is 21.0. The number of rotatable bonds is 9.